The molecule has 6 heteroatoms. The lowest BCUT2D eigenvalue weighted by Gasteiger charge is -2.14. The fourth-order valence-electron chi connectivity index (χ4n) is 8.84. The van der Waals surface area contributed by atoms with Gasteiger partial charge in [-0.3, -0.25) is 0 Å². The number of para-hydroxylation sites is 4. The molecule has 0 fully saturated rings. The third-order valence-electron chi connectivity index (χ3n) is 11.2. The zero-order valence-electron chi connectivity index (χ0n) is 30.3. The van der Waals surface area contributed by atoms with Crippen molar-refractivity contribution in [3.8, 4) is 46.4 Å². The second-order valence-corrected chi connectivity index (χ2v) is 14.4. The lowest BCUT2D eigenvalue weighted by molar-refractivity contribution is 1.16. The summed E-state index contributed by atoms with van der Waals surface area (Å²) < 4.78 is 6.68. The summed E-state index contributed by atoms with van der Waals surface area (Å²) in [5, 5.41) is 37.3. The summed E-state index contributed by atoms with van der Waals surface area (Å²) in [6.07, 6.45) is 0. The second kappa shape index (κ2) is 12.3. The third-order valence-corrected chi connectivity index (χ3v) is 11.2. The molecule has 0 aliphatic carbocycles. The highest BCUT2D eigenvalue weighted by Crippen LogP contribution is 2.39. The van der Waals surface area contributed by atoms with E-state index in [0.29, 0.717) is 16.7 Å². The molecule has 0 aliphatic rings. The highest BCUT2D eigenvalue weighted by molar-refractivity contribution is 6.13. The van der Waals surface area contributed by atoms with Gasteiger partial charge in [0.1, 0.15) is 0 Å². The van der Waals surface area contributed by atoms with E-state index < -0.39 is 0 Å². The molecule has 0 unspecified atom stereocenters. The van der Waals surface area contributed by atoms with Crippen LogP contribution in [0.2, 0.25) is 0 Å². The van der Waals surface area contributed by atoms with Crippen LogP contribution >= 0.6 is 0 Å². The molecule has 0 amide bonds. The molecule has 6 nitrogen and oxygen atoms in total. The SMILES string of the molecule is N#Cc1cc(-c2cc(C#N)cc(-n3c4ccc(C#N)cc4c4cc(-n5c6ccccc6c6ccccc65)ccc43)c2)cc(-n2c3ccccc3c3ccccc32)c1. The fraction of sp³-hybridized carbons (Fsp3) is 0. The summed E-state index contributed by atoms with van der Waals surface area (Å²) in [4.78, 5) is 0. The molecule has 0 bridgehead atoms. The maximum absolute atomic E-state index is 10.4. The molecule has 262 valence electrons. The predicted octanol–water partition coefficient (Wildman–Crippen LogP) is 12.3. The number of hydrogen-bond acceptors (Lipinski definition) is 3. The summed E-state index contributed by atoms with van der Waals surface area (Å²) in [5.74, 6) is 0. The first-order valence-electron chi connectivity index (χ1n) is 18.7. The normalized spacial score (nSPS) is 11.5. The lowest BCUT2D eigenvalue weighted by Crippen LogP contribution is -1.98. The Morgan fingerprint density at radius 1 is 0.281 bits per heavy atom. The summed E-state index contributed by atoms with van der Waals surface area (Å²) >= 11 is 0. The standard InChI is InChI=1S/C51H28N6/c52-29-32-17-19-50-44(25-32)45-28-37(55-46-13-5-1-9-40(46)41-10-2-6-14-47(41)55)18-20-51(45)57(50)39-24-34(31-54)22-36(27-39)35-21-33(30-53)23-38(26-35)56-48-15-7-3-11-42(48)43-12-4-8-16-49(43)56/h1-28H. The van der Waals surface area contributed by atoms with Gasteiger partial charge in [0.2, 0.25) is 0 Å². The quantitative estimate of drug-likeness (QED) is 0.181. The van der Waals surface area contributed by atoms with E-state index in [1.165, 1.54) is 10.8 Å². The Morgan fingerprint density at radius 2 is 0.649 bits per heavy atom. The minimum absolute atomic E-state index is 0.494. The average molecular weight is 725 g/mol. The van der Waals surface area contributed by atoms with Crippen molar-refractivity contribution in [2.75, 3.05) is 0 Å². The van der Waals surface area contributed by atoms with Gasteiger partial charge < -0.3 is 13.7 Å². The van der Waals surface area contributed by atoms with Crippen LogP contribution in [0.25, 0.3) is 93.6 Å². The van der Waals surface area contributed by atoms with Gasteiger partial charge in [-0.25, -0.2) is 0 Å². The van der Waals surface area contributed by atoms with Gasteiger partial charge in [0.15, 0.2) is 0 Å². The molecule has 57 heavy (non-hydrogen) atoms. The average Bonchev–Trinajstić information content (AvgIpc) is 3.91. The van der Waals surface area contributed by atoms with Gasteiger partial charge in [0.05, 0.1) is 68.0 Å². The van der Waals surface area contributed by atoms with Crippen molar-refractivity contribution in [1.82, 2.24) is 13.7 Å². The van der Waals surface area contributed by atoms with Crippen LogP contribution in [0, 0.1) is 34.0 Å². The highest BCUT2D eigenvalue weighted by atomic mass is 15.0. The van der Waals surface area contributed by atoms with Crippen molar-refractivity contribution in [2.24, 2.45) is 0 Å². The number of fused-ring (bicyclic) bond motifs is 9. The Morgan fingerprint density at radius 3 is 1.09 bits per heavy atom. The second-order valence-electron chi connectivity index (χ2n) is 14.4. The van der Waals surface area contributed by atoms with E-state index in [1.54, 1.807) is 0 Å². The molecule has 3 heterocycles. The van der Waals surface area contributed by atoms with Crippen molar-refractivity contribution in [1.29, 1.82) is 15.8 Å². The van der Waals surface area contributed by atoms with Gasteiger partial charge in [-0.05, 0) is 108 Å². The van der Waals surface area contributed by atoms with Crippen molar-refractivity contribution in [3.63, 3.8) is 0 Å². The molecular weight excluding hydrogens is 697 g/mol. The van der Waals surface area contributed by atoms with Crippen LogP contribution in [0.4, 0.5) is 0 Å². The molecule has 3 aromatic heterocycles. The van der Waals surface area contributed by atoms with E-state index in [1.807, 2.05) is 66.7 Å². The highest BCUT2D eigenvalue weighted by Gasteiger charge is 2.19. The Hall–Kier alpha value is -8.37. The van der Waals surface area contributed by atoms with E-state index in [2.05, 4.69) is 135 Å². The molecule has 0 saturated heterocycles. The molecule has 11 aromatic rings. The van der Waals surface area contributed by atoms with Crippen LogP contribution in [0.3, 0.4) is 0 Å². The van der Waals surface area contributed by atoms with E-state index in [-0.39, 0.29) is 0 Å². The molecule has 0 atom stereocenters. The molecule has 8 aromatic carbocycles. The molecule has 11 rings (SSSR count). The van der Waals surface area contributed by atoms with Crippen molar-refractivity contribution in [3.05, 3.63) is 187 Å². The van der Waals surface area contributed by atoms with Gasteiger partial charge in [0.25, 0.3) is 0 Å². The van der Waals surface area contributed by atoms with Crippen molar-refractivity contribution in [2.45, 2.75) is 0 Å². The molecule has 0 radical (unpaired) electrons. The van der Waals surface area contributed by atoms with E-state index in [0.717, 1.165) is 82.8 Å². The van der Waals surface area contributed by atoms with Gasteiger partial charge in [-0.15, -0.1) is 0 Å². The largest absolute Gasteiger partial charge is 0.309 e. The summed E-state index contributed by atoms with van der Waals surface area (Å²) in [5.41, 5.74) is 12.1. The molecule has 0 saturated carbocycles. The Bertz CT molecular complexity index is 3520. The fourth-order valence-corrected chi connectivity index (χ4v) is 8.84. The number of aromatic nitrogens is 3. The lowest BCUT2D eigenvalue weighted by atomic mass is 9.99. The molecule has 0 N–H and O–H groups in total. The first kappa shape index (κ1) is 32.1. The van der Waals surface area contributed by atoms with Gasteiger partial charge in [-0.2, -0.15) is 15.8 Å². The van der Waals surface area contributed by atoms with Crippen LogP contribution in [-0.2, 0) is 0 Å². The van der Waals surface area contributed by atoms with Gasteiger partial charge >= 0.3 is 0 Å². The van der Waals surface area contributed by atoms with Gasteiger partial charge in [-0.1, -0.05) is 72.8 Å². The van der Waals surface area contributed by atoms with E-state index >= 15 is 0 Å². The predicted molar refractivity (Wildman–Crippen MR) is 229 cm³/mol. The van der Waals surface area contributed by atoms with Crippen LogP contribution in [0.15, 0.2) is 170 Å². The van der Waals surface area contributed by atoms with E-state index in [4.69, 9.17) is 0 Å². The Kier molecular flexibility index (Phi) is 6.95. The van der Waals surface area contributed by atoms with Crippen LogP contribution in [0.1, 0.15) is 16.7 Å². The minimum Gasteiger partial charge on any atom is -0.309 e. The van der Waals surface area contributed by atoms with Crippen LogP contribution < -0.4 is 0 Å². The van der Waals surface area contributed by atoms with E-state index in [9.17, 15) is 15.8 Å². The van der Waals surface area contributed by atoms with Crippen molar-refractivity contribution >= 4 is 65.4 Å². The van der Waals surface area contributed by atoms with Crippen LogP contribution in [0.5, 0.6) is 0 Å². The zero-order valence-corrected chi connectivity index (χ0v) is 30.3. The summed E-state index contributed by atoms with van der Waals surface area (Å²) in [6.45, 7) is 0. The number of nitriles is 3. The first-order chi connectivity index (χ1) is 28.1. The number of benzene rings is 8. The smallest absolute Gasteiger partial charge is 0.0992 e. The maximum Gasteiger partial charge on any atom is 0.0992 e. The molecule has 0 spiro atoms. The first-order valence-corrected chi connectivity index (χ1v) is 18.7. The molecule has 0 aliphatic heterocycles. The van der Waals surface area contributed by atoms with Crippen LogP contribution in [-0.4, -0.2) is 13.7 Å². The van der Waals surface area contributed by atoms with Gasteiger partial charge in [0, 0.05) is 49.4 Å². The monoisotopic (exact) mass is 724 g/mol. The zero-order chi connectivity index (χ0) is 38.2. The topological polar surface area (TPSA) is 86.2 Å². The molecular formula is C51H28N6. The third kappa shape index (κ3) is 4.81. The summed E-state index contributed by atoms with van der Waals surface area (Å²) in [6, 6.07) is 64.7. The number of hydrogen-bond donors (Lipinski definition) is 0. The minimum atomic E-state index is 0.494. The summed E-state index contributed by atoms with van der Waals surface area (Å²) in [7, 11) is 0. The Labute approximate surface area is 326 Å². The maximum atomic E-state index is 10.4. The number of nitrogens with zero attached hydrogens (tertiary/aromatic N) is 6. The Balaban J connectivity index is 1.14. The number of rotatable bonds is 4. The van der Waals surface area contributed by atoms with Crippen molar-refractivity contribution < 1.29 is 0 Å².